The maximum Gasteiger partial charge on any atom is 0.138 e. The molecule has 0 saturated heterocycles. The molecule has 0 atom stereocenters. The second-order valence-corrected chi connectivity index (χ2v) is 12.1. The molecule has 0 N–H and O–H groups in total. The summed E-state index contributed by atoms with van der Waals surface area (Å²) in [5.41, 5.74) is 12.1. The Morgan fingerprint density at radius 1 is 0.375 bits per heavy atom. The first-order valence-corrected chi connectivity index (χ1v) is 16.2. The van der Waals surface area contributed by atoms with Crippen molar-refractivity contribution in [2.45, 2.75) is 0 Å². The molecule has 0 bridgehead atoms. The summed E-state index contributed by atoms with van der Waals surface area (Å²) in [5, 5.41) is 4.39. The maximum atomic E-state index is 6.23. The third kappa shape index (κ3) is 5.08. The van der Waals surface area contributed by atoms with E-state index in [0.717, 1.165) is 49.8 Å². The van der Waals surface area contributed by atoms with Crippen molar-refractivity contribution < 1.29 is 4.42 Å². The highest BCUT2D eigenvalue weighted by atomic mass is 16.3. The van der Waals surface area contributed by atoms with Crippen molar-refractivity contribution in [3.05, 3.63) is 182 Å². The number of hydrogen-bond acceptors (Lipinski definition) is 3. The molecule has 2 aromatic heterocycles. The standard InChI is InChI=1S/C45H30N2O/c1-3-8-31(9-4-1)33-14-16-34(17-15-33)35-18-21-39(22-19-35)47(40-13-7-12-36(26-40)32-10-5-2-6-11-32)41-23-20-37-28-42-43-30-46-25-24-44(43)48-45(42)29-38(37)27-41/h1-30H. The number of hydrogen-bond donors (Lipinski definition) is 0. The summed E-state index contributed by atoms with van der Waals surface area (Å²) >= 11 is 0. The summed E-state index contributed by atoms with van der Waals surface area (Å²) in [6.07, 6.45) is 3.65. The van der Waals surface area contributed by atoms with Gasteiger partial charge in [0.25, 0.3) is 0 Å². The van der Waals surface area contributed by atoms with Gasteiger partial charge in [-0.05, 0) is 98.8 Å². The number of fused-ring (bicyclic) bond motifs is 4. The Kier molecular flexibility index (Phi) is 6.80. The predicted molar refractivity (Wildman–Crippen MR) is 200 cm³/mol. The summed E-state index contributed by atoms with van der Waals surface area (Å²) in [5.74, 6) is 0. The van der Waals surface area contributed by atoms with E-state index in [-0.39, 0.29) is 0 Å². The lowest BCUT2D eigenvalue weighted by Crippen LogP contribution is -2.10. The summed E-state index contributed by atoms with van der Waals surface area (Å²) in [6, 6.07) is 60.4. The molecule has 9 rings (SSSR count). The molecule has 3 nitrogen and oxygen atoms in total. The zero-order chi connectivity index (χ0) is 31.9. The van der Waals surface area contributed by atoms with E-state index in [2.05, 4.69) is 174 Å². The van der Waals surface area contributed by atoms with Gasteiger partial charge in [-0.25, -0.2) is 0 Å². The number of aromatic nitrogens is 1. The Morgan fingerprint density at radius 3 is 1.67 bits per heavy atom. The molecule has 0 saturated carbocycles. The highest BCUT2D eigenvalue weighted by Gasteiger charge is 2.16. The van der Waals surface area contributed by atoms with E-state index in [1.54, 1.807) is 6.20 Å². The van der Waals surface area contributed by atoms with Crippen molar-refractivity contribution in [2.75, 3.05) is 4.90 Å². The van der Waals surface area contributed by atoms with Gasteiger partial charge in [-0.2, -0.15) is 0 Å². The smallest absolute Gasteiger partial charge is 0.138 e. The van der Waals surface area contributed by atoms with Crippen molar-refractivity contribution in [3.63, 3.8) is 0 Å². The first kappa shape index (κ1) is 27.8. The van der Waals surface area contributed by atoms with Crippen LogP contribution in [0, 0.1) is 0 Å². The summed E-state index contributed by atoms with van der Waals surface area (Å²) in [6.45, 7) is 0. The van der Waals surface area contributed by atoms with E-state index in [9.17, 15) is 0 Å². The normalized spacial score (nSPS) is 11.3. The SMILES string of the molecule is c1ccc(-c2ccc(-c3ccc(N(c4cccc(-c5ccccc5)c4)c4ccc5cc6c(cc5c4)oc4ccncc46)cc3)cc2)cc1. The number of rotatable bonds is 6. The Labute approximate surface area is 279 Å². The molecule has 7 aromatic carbocycles. The van der Waals surface area contributed by atoms with Gasteiger partial charge >= 0.3 is 0 Å². The molecule has 0 unspecified atom stereocenters. The van der Waals surface area contributed by atoms with Crippen LogP contribution in [0.1, 0.15) is 0 Å². The van der Waals surface area contributed by atoms with E-state index < -0.39 is 0 Å². The lowest BCUT2D eigenvalue weighted by atomic mass is 10.00. The van der Waals surface area contributed by atoms with Crippen LogP contribution >= 0.6 is 0 Å². The van der Waals surface area contributed by atoms with Crippen LogP contribution in [-0.4, -0.2) is 4.98 Å². The Bertz CT molecular complexity index is 2540. The summed E-state index contributed by atoms with van der Waals surface area (Å²) in [4.78, 5) is 6.66. The highest BCUT2D eigenvalue weighted by molar-refractivity contribution is 6.10. The molecule has 226 valence electrons. The van der Waals surface area contributed by atoms with Crippen LogP contribution in [0.25, 0.3) is 66.1 Å². The lowest BCUT2D eigenvalue weighted by molar-refractivity contribution is 0.669. The molecule has 9 aromatic rings. The average molecular weight is 615 g/mol. The van der Waals surface area contributed by atoms with Crippen LogP contribution in [0.5, 0.6) is 0 Å². The Balaban J connectivity index is 1.13. The topological polar surface area (TPSA) is 29.3 Å². The third-order valence-corrected chi connectivity index (χ3v) is 9.13. The van der Waals surface area contributed by atoms with E-state index in [0.29, 0.717) is 0 Å². The van der Waals surface area contributed by atoms with E-state index in [1.165, 1.54) is 33.4 Å². The van der Waals surface area contributed by atoms with E-state index in [4.69, 9.17) is 4.42 Å². The van der Waals surface area contributed by atoms with Gasteiger partial charge in [0.1, 0.15) is 11.2 Å². The van der Waals surface area contributed by atoms with Gasteiger partial charge in [0, 0.05) is 40.2 Å². The minimum Gasteiger partial charge on any atom is -0.456 e. The first-order valence-electron chi connectivity index (χ1n) is 16.2. The molecule has 0 spiro atoms. The fourth-order valence-corrected chi connectivity index (χ4v) is 6.68. The number of nitrogens with zero attached hydrogens (tertiary/aromatic N) is 2. The molecule has 0 aliphatic carbocycles. The molecular formula is C45H30N2O. The fourth-order valence-electron chi connectivity index (χ4n) is 6.68. The molecule has 3 heteroatoms. The van der Waals surface area contributed by atoms with Gasteiger partial charge in [-0.1, -0.05) is 115 Å². The van der Waals surface area contributed by atoms with Crippen molar-refractivity contribution in [3.8, 4) is 33.4 Å². The van der Waals surface area contributed by atoms with Crippen molar-refractivity contribution >= 4 is 49.8 Å². The molecule has 2 heterocycles. The van der Waals surface area contributed by atoms with Gasteiger partial charge in [-0.3, -0.25) is 4.98 Å². The molecule has 0 aliphatic rings. The third-order valence-electron chi connectivity index (χ3n) is 9.13. The second-order valence-electron chi connectivity index (χ2n) is 12.1. The van der Waals surface area contributed by atoms with Crippen LogP contribution in [0.2, 0.25) is 0 Å². The lowest BCUT2D eigenvalue weighted by Gasteiger charge is -2.26. The largest absolute Gasteiger partial charge is 0.456 e. The Hall–Kier alpha value is -6.45. The fraction of sp³-hybridized carbons (Fsp3) is 0. The first-order chi connectivity index (χ1) is 23.8. The minimum absolute atomic E-state index is 0.852. The zero-order valence-corrected chi connectivity index (χ0v) is 26.1. The van der Waals surface area contributed by atoms with Crippen LogP contribution in [0.3, 0.4) is 0 Å². The number of anilines is 3. The van der Waals surface area contributed by atoms with Crippen molar-refractivity contribution in [2.24, 2.45) is 0 Å². The maximum absolute atomic E-state index is 6.23. The van der Waals surface area contributed by atoms with E-state index in [1.807, 2.05) is 12.3 Å². The van der Waals surface area contributed by atoms with Crippen LogP contribution in [0.15, 0.2) is 187 Å². The van der Waals surface area contributed by atoms with Crippen LogP contribution < -0.4 is 4.90 Å². The zero-order valence-electron chi connectivity index (χ0n) is 26.1. The monoisotopic (exact) mass is 614 g/mol. The van der Waals surface area contributed by atoms with Gasteiger partial charge in [0.15, 0.2) is 0 Å². The molecule has 0 fully saturated rings. The predicted octanol–water partition coefficient (Wildman–Crippen LogP) is 12.6. The molecule has 0 amide bonds. The minimum atomic E-state index is 0.852. The number of furan rings is 1. The van der Waals surface area contributed by atoms with Crippen molar-refractivity contribution in [1.82, 2.24) is 4.98 Å². The second kappa shape index (κ2) is 11.7. The summed E-state index contributed by atoms with van der Waals surface area (Å²) in [7, 11) is 0. The van der Waals surface area contributed by atoms with Crippen LogP contribution in [0.4, 0.5) is 17.1 Å². The number of benzene rings is 7. The molecular weight excluding hydrogens is 585 g/mol. The Morgan fingerprint density at radius 2 is 0.958 bits per heavy atom. The number of pyridine rings is 1. The molecule has 0 radical (unpaired) electrons. The molecule has 48 heavy (non-hydrogen) atoms. The highest BCUT2D eigenvalue weighted by Crippen LogP contribution is 2.40. The van der Waals surface area contributed by atoms with Crippen molar-refractivity contribution in [1.29, 1.82) is 0 Å². The van der Waals surface area contributed by atoms with E-state index >= 15 is 0 Å². The quantitative estimate of drug-likeness (QED) is 0.187. The van der Waals surface area contributed by atoms with Crippen LogP contribution in [-0.2, 0) is 0 Å². The van der Waals surface area contributed by atoms with Gasteiger partial charge in [-0.15, -0.1) is 0 Å². The average Bonchev–Trinajstić information content (AvgIpc) is 3.52. The molecule has 0 aliphatic heterocycles. The van der Waals surface area contributed by atoms with Gasteiger partial charge in [0.05, 0.1) is 0 Å². The van der Waals surface area contributed by atoms with Gasteiger partial charge < -0.3 is 9.32 Å². The van der Waals surface area contributed by atoms with Gasteiger partial charge in [0.2, 0.25) is 0 Å². The summed E-state index contributed by atoms with van der Waals surface area (Å²) < 4.78 is 6.23.